The van der Waals surface area contributed by atoms with Gasteiger partial charge in [-0.2, -0.15) is 0 Å². The van der Waals surface area contributed by atoms with E-state index >= 15 is 0 Å². The molecule has 190 valence electrons. The van der Waals surface area contributed by atoms with E-state index in [4.69, 9.17) is 31.4 Å². The van der Waals surface area contributed by atoms with E-state index in [2.05, 4.69) is 0 Å². The molecule has 10 heteroatoms. The standard InChI is InChI=1S/C27H25N3O7/c28-10-2-1-3-21(29)26(34)35-16-6-9-20-23(13-16)36-22-12-15(31)5-8-19(22)27(20)18-7-4-14(24(30)32)11-17(18)25(33)37-27/h4-9,11-13,21,31H,1-3,10,28-29H2,(H2,30,32)/t21-,27?/m0/s1. The van der Waals surface area contributed by atoms with E-state index in [9.17, 15) is 19.5 Å². The Morgan fingerprint density at radius 2 is 1.68 bits per heavy atom. The van der Waals surface area contributed by atoms with Crippen LogP contribution in [-0.2, 0) is 15.1 Å². The molecule has 0 bridgehead atoms. The summed E-state index contributed by atoms with van der Waals surface area (Å²) in [6.45, 7) is 0.514. The molecule has 2 atom stereocenters. The molecule has 0 aliphatic carbocycles. The van der Waals surface area contributed by atoms with Gasteiger partial charge in [-0.15, -0.1) is 0 Å². The highest BCUT2D eigenvalue weighted by atomic mass is 16.6. The molecule has 1 amide bonds. The van der Waals surface area contributed by atoms with Gasteiger partial charge in [0.15, 0.2) is 5.60 Å². The zero-order valence-corrected chi connectivity index (χ0v) is 19.7. The summed E-state index contributed by atoms with van der Waals surface area (Å²) < 4.78 is 17.6. The number of nitrogens with two attached hydrogens (primary N) is 3. The number of unbranched alkanes of at least 4 members (excludes halogenated alkanes) is 1. The van der Waals surface area contributed by atoms with Crippen LogP contribution in [0.15, 0.2) is 54.6 Å². The molecule has 10 nitrogen and oxygen atoms in total. The Labute approximate surface area is 211 Å². The molecule has 7 N–H and O–H groups in total. The first kappa shape index (κ1) is 24.3. The van der Waals surface area contributed by atoms with Gasteiger partial charge in [0.25, 0.3) is 0 Å². The largest absolute Gasteiger partial charge is 0.508 e. The number of benzene rings is 3. The first-order chi connectivity index (χ1) is 17.7. The number of phenolic OH excluding ortho intramolecular Hbond substituents is 1. The number of carbonyl (C=O) groups is 3. The first-order valence-electron chi connectivity index (χ1n) is 11.8. The molecule has 0 fully saturated rings. The van der Waals surface area contributed by atoms with Gasteiger partial charge in [-0.05, 0) is 55.8 Å². The van der Waals surface area contributed by atoms with Crippen molar-refractivity contribution < 1.29 is 33.7 Å². The zero-order chi connectivity index (χ0) is 26.3. The number of carbonyl (C=O) groups excluding carboxylic acids is 3. The lowest BCUT2D eigenvalue weighted by Gasteiger charge is -2.36. The molecule has 2 heterocycles. The van der Waals surface area contributed by atoms with Gasteiger partial charge >= 0.3 is 11.9 Å². The highest BCUT2D eigenvalue weighted by molar-refractivity contribution is 6.01. The predicted molar refractivity (Wildman–Crippen MR) is 131 cm³/mol. The molecule has 1 unspecified atom stereocenters. The number of aromatic hydroxyl groups is 1. The van der Waals surface area contributed by atoms with Crippen molar-refractivity contribution in [3.05, 3.63) is 82.4 Å². The second-order valence-electron chi connectivity index (χ2n) is 8.95. The van der Waals surface area contributed by atoms with Crippen molar-refractivity contribution >= 4 is 17.8 Å². The summed E-state index contributed by atoms with van der Waals surface area (Å²) in [4.78, 5) is 37.3. The number of phenols is 1. The van der Waals surface area contributed by atoms with Crippen molar-refractivity contribution in [3.63, 3.8) is 0 Å². The zero-order valence-electron chi connectivity index (χ0n) is 19.7. The maximum Gasteiger partial charge on any atom is 0.340 e. The van der Waals surface area contributed by atoms with Crippen LogP contribution in [0.25, 0.3) is 0 Å². The lowest BCUT2D eigenvalue weighted by Crippen LogP contribution is -2.34. The van der Waals surface area contributed by atoms with E-state index in [0.29, 0.717) is 36.1 Å². The maximum absolute atomic E-state index is 13.0. The van der Waals surface area contributed by atoms with Gasteiger partial charge in [0.05, 0.1) is 5.56 Å². The number of rotatable bonds is 7. The van der Waals surface area contributed by atoms with Gasteiger partial charge in [-0.1, -0.05) is 12.5 Å². The van der Waals surface area contributed by atoms with Crippen LogP contribution in [0.1, 0.15) is 56.7 Å². The van der Waals surface area contributed by atoms with Gasteiger partial charge in [-0.3, -0.25) is 4.79 Å². The van der Waals surface area contributed by atoms with E-state index in [1.165, 1.54) is 30.3 Å². The topological polar surface area (TPSA) is 177 Å². The second kappa shape index (κ2) is 9.23. The highest BCUT2D eigenvalue weighted by Gasteiger charge is 2.53. The summed E-state index contributed by atoms with van der Waals surface area (Å²) in [5.41, 5.74) is 17.2. The van der Waals surface area contributed by atoms with Gasteiger partial charge < -0.3 is 36.5 Å². The van der Waals surface area contributed by atoms with Crippen molar-refractivity contribution in [1.29, 1.82) is 0 Å². The van der Waals surface area contributed by atoms with Crippen molar-refractivity contribution in [2.24, 2.45) is 17.2 Å². The Morgan fingerprint density at radius 3 is 2.41 bits per heavy atom. The fourth-order valence-electron chi connectivity index (χ4n) is 4.73. The maximum atomic E-state index is 13.0. The fourth-order valence-corrected chi connectivity index (χ4v) is 4.73. The normalized spacial score (nSPS) is 17.7. The Morgan fingerprint density at radius 1 is 0.973 bits per heavy atom. The van der Waals surface area contributed by atoms with Crippen LogP contribution in [0.5, 0.6) is 23.0 Å². The number of amides is 1. The molecule has 3 aromatic carbocycles. The third-order valence-electron chi connectivity index (χ3n) is 6.54. The van der Waals surface area contributed by atoms with E-state index in [1.807, 2.05) is 0 Å². The first-order valence-corrected chi connectivity index (χ1v) is 11.8. The highest BCUT2D eigenvalue weighted by Crippen LogP contribution is 2.57. The molecular formula is C27H25N3O7. The number of hydrogen-bond donors (Lipinski definition) is 4. The Kier molecular flexibility index (Phi) is 6.06. The Bertz CT molecular complexity index is 1440. The number of esters is 2. The molecule has 0 saturated heterocycles. The van der Waals surface area contributed by atoms with Crippen LogP contribution < -0.4 is 26.7 Å². The molecule has 3 aromatic rings. The van der Waals surface area contributed by atoms with Crippen LogP contribution >= 0.6 is 0 Å². The minimum Gasteiger partial charge on any atom is -0.508 e. The number of hydrogen-bond acceptors (Lipinski definition) is 9. The molecule has 0 aromatic heterocycles. The summed E-state index contributed by atoms with van der Waals surface area (Å²) >= 11 is 0. The monoisotopic (exact) mass is 503 g/mol. The average Bonchev–Trinajstić information content (AvgIpc) is 3.16. The molecule has 2 aliphatic rings. The summed E-state index contributed by atoms with van der Waals surface area (Å²) in [7, 11) is 0. The van der Waals surface area contributed by atoms with Gasteiger partial charge in [0.2, 0.25) is 5.91 Å². The smallest absolute Gasteiger partial charge is 0.340 e. The fraction of sp³-hybridized carbons (Fsp3) is 0.222. The molecule has 2 aliphatic heterocycles. The lowest BCUT2D eigenvalue weighted by molar-refractivity contribution is -0.136. The second-order valence-corrected chi connectivity index (χ2v) is 8.95. The minimum absolute atomic E-state index is 0.0583. The van der Waals surface area contributed by atoms with Crippen LogP contribution in [-0.4, -0.2) is 35.5 Å². The predicted octanol–water partition coefficient (Wildman–Crippen LogP) is 2.42. The van der Waals surface area contributed by atoms with Crippen LogP contribution in [0.4, 0.5) is 0 Å². The number of primary amides is 1. The number of fused-ring (bicyclic) bond motifs is 6. The van der Waals surface area contributed by atoms with E-state index in [-0.39, 0.29) is 34.1 Å². The lowest BCUT2D eigenvalue weighted by atomic mass is 9.77. The van der Waals surface area contributed by atoms with Crippen molar-refractivity contribution in [2.75, 3.05) is 6.54 Å². The Hall–Kier alpha value is -4.41. The molecule has 0 saturated carbocycles. The third-order valence-corrected chi connectivity index (χ3v) is 6.54. The van der Waals surface area contributed by atoms with Crippen LogP contribution in [0.2, 0.25) is 0 Å². The van der Waals surface area contributed by atoms with E-state index in [1.54, 1.807) is 24.3 Å². The van der Waals surface area contributed by atoms with Crippen molar-refractivity contribution in [1.82, 2.24) is 0 Å². The SMILES string of the molecule is NCCCC[C@H](N)C(=O)Oc1ccc2c(c1)Oc1cc(O)ccc1C21OC(=O)c2cc(C(N)=O)ccc21. The molecule has 37 heavy (non-hydrogen) atoms. The summed E-state index contributed by atoms with van der Waals surface area (Å²) in [5, 5.41) is 10.1. The Balaban J connectivity index is 1.58. The van der Waals surface area contributed by atoms with E-state index < -0.39 is 29.5 Å². The van der Waals surface area contributed by atoms with Gasteiger partial charge in [-0.25, -0.2) is 9.59 Å². The third kappa shape index (κ3) is 4.05. The quantitative estimate of drug-likeness (QED) is 0.214. The van der Waals surface area contributed by atoms with E-state index in [0.717, 1.165) is 6.42 Å². The van der Waals surface area contributed by atoms with Crippen molar-refractivity contribution in [3.8, 4) is 23.0 Å². The average molecular weight is 504 g/mol. The van der Waals surface area contributed by atoms with Crippen LogP contribution in [0, 0.1) is 0 Å². The molecule has 0 radical (unpaired) electrons. The minimum atomic E-state index is -1.43. The molecule has 5 rings (SSSR count). The summed E-state index contributed by atoms with van der Waals surface area (Å²) in [6, 6.07) is 12.9. The summed E-state index contributed by atoms with van der Waals surface area (Å²) in [5.74, 6) is -1.31. The van der Waals surface area contributed by atoms with Crippen molar-refractivity contribution in [2.45, 2.75) is 30.9 Å². The van der Waals surface area contributed by atoms with Crippen LogP contribution in [0.3, 0.4) is 0 Å². The summed E-state index contributed by atoms with van der Waals surface area (Å²) in [6.07, 6.45) is 1.89. The molecular weight excluding hydrogens is 478 g/mol. The van der Waals surface area contributed by atoms with Gasteiger partial charge in [0.1, 0.15) is 29.0 Å². The molecule has 1 spiro atoms. The number of ether oxygens (including phenoxy) is 3. The van der Waals surface area contributed by atoms with Gasteiger partial charge in [0, 0.05) is 34.4 Å².